The van der Waals surface area contributed by atoms with Gasteiger partial charge in [0.2, 0.25) is 0 Å². The van der Waals surface area contributed by atoms with Crippen LogP contribution in [0.15, 0.2) is 29.2 Å². The lowest BCUT2D eigenvalue weighted by Crippen LogP contribution is -2.43. The van der Waals surface area contributed by atoms with Crippen molar-refractivity contribution in [1.29, 1.82) is 0 Å². The topological polar surface area (TPSA) is 162 Å². The molecule has 3 heterocycles. The van der Waals surface area contributed by atoms with Crippen LogP contribution in [-0.4, -0.2) is 56.6 Å². The summed E-state index contributed by atoms with van der Waals surface area (Å²) >= 11 is 4.85. The van der Waals surface area contributed by atoms with Crippen LogP contribution in [0, 0.1) is 4.64 Å². The number of para-hydroxylation sites is 1. The molecule has 0 saturated carbocycles. The standard InChI is InChI=1S/C18H20FN2O10PS/c1-27-11-4-2-3-9-7-28-32(26,31-13(9)11)29-8-18(19)14(24)12(23)16(30-18)21-5-10(6-22)15(33)20-17(21)25/h2-5,12,14,16,22-24H,6-8H2,1H3,(H,20,25,33)/t12-,14+,16-,18-,32?/m1/s1/i8D2,16D. The first-order valence-electron chi connectivity index (χ1n) is 10.7. The van der Waals surface area contributed by atoms with Crippen LogP contribution < -0.4 is 15.0 Å². The zero-order chi connectivity index (χ0) is 26.7. The van der Waals surface area contributed by atoms with Crippen molar-refractivity contribution < 1.29 is 51.4 Å². The average Bonchev–Trinajstić information content (AvgIpc) is 2.99. The molecule has 12 nitrogen and oxygen atoms in total. The molecule has 4 rings (SSSR count). The molecule has 1 unspecified atom stereocenters. The third kappa shape index (κ3) is 4.36. The van der Waals surface area contributed by atoms with Gasteiger partial charge in [0.05, 0.1) is 24.4 Å². The molecule has 0 amide bonds. The fraction of sp³-hybridized carbons (Fsp3) is 0.444. The number of halogens is 1. The van der Waals surface area contributed by atoms with Crippen LogP contribution in [0.4, 0.5) is 4.39 Å². The molecule has 33 heavy (non-hydrogen) atoms. The van der Waals surface area contributed by atoms with Crippen LogP contribution in [0.25, 0.3) is 0 Å². The van der Waals surface area contributed by atoms with E-state index in [1.165, 1.54) is 19.2 Å². The van der Waals surface area contributed by atoms with Crippen molar-refractivity contribution in [2.75, 3.05) is 13.7 Å². The molecule has 15 heteroatoms. The Morgan fingerprint density at radius 3 is 2.97 bits per heavy atom. The number of nitrogens with one attached hydrogen (secondary N) is 1. The first-order chi connectivity index (χ1) is 16.7. The molecule has 180 valence electrons. The van der Waals surface area contributed by atoms with Gasteiger partial charge >= 0.3 is 13.5 Å². The number of benzene rings is 1. The summed E-state index contributed by atoms with van der Waals surface area (Å²) in [5.74, 6) is -4.12. The Labute approximate surface area is 194 Å². The second-order valence-electron chi connectivity index (χ2n) is 6.87. The zero-order valence-corrected chi connectivity index (χ0v) is 18.5. The Kier molecular flexibility index (Phi) is 5.45. The summed E-state index contributed by atoms with van der Waals surface area (Å²) in [7, 11) is -3.66. The number of alkyl halides is 1. The molecule has 2 aliphatic rings. The van der Waals surface area contributed by atoms with E-state index in [4.69, 9.17) is 39.4 Å². The lowest BCUT2D eigenvalue weighted by molar-refractivity contribution is -0.205. The second-order valence-corrected chi connectivity index (χ2v) is 8.80. The maximum Gasteiger partial charge on any atom is 0.530 e. The number of ether oxygens (including phenoxy) is 2. The van der Waals surface area contributed by atoms with E-state index in [1.54, 1.807) is 6.07 Å². The Balaban J connectivity index is 1.69. The van der Waals surface area contributed by atoms with Crippen LogP contribution in [0.2, 0.25) is 0 Å². The number of nitrogens with zero attached hydrogens (tertiary/aromatic N) is 1. The minimum absolute atomic E-state index is 0.0911. The quantitative estimate of drug-likeness (QED) is 0.325. The Bertz CT molecular complexity index is 1350. The highest BCUT2D eigenvalue weighted by Crippen LogP contribution is 2.57. The molecular weight excluding hydrogens is 486 g/mol. The number of aromatic nitrogens is 2. The number of phosphoric ester groups is 1. The molecule has 0 bridgehead atoms. The molecule has 5 atom stereocenters. The number of H-pyrrole nitrogens is 1. The van der Waals surface area contributed by atoms with Crippen molar-refractivity contribution >= 4 is 20.0 Å². The smallest absolute Gasteiger partial charge is 0.493 e. The number of methoxy groups -OCH3 is 1. The number of aromatic amines is 1. The highest BCUT2D eigenvalue weighted by atomic mass is 32.1. The summed E-state index contributed by atoms with van der Waals surface area (Å²) in [6, 6.07) is 4.55. The highest BCUT2D eigenvalue weighted by molar-refractivity contribution is 7.71. The van der Waals surface area contributed by atoms with E-state index in [9.17, 15) is 24.7 Å². The lowest BCUT2D eigenvalue weighted by Gasteiger charge is -2.28. The summed E-state index contributed by atoms with van der Waals surface area (Å²) < 4.78 is 78.4. The number of phosphoric acid groups is 1. The van der Waals surface area contributed by atoms with Crippen molar-refractivity contribution in [3.05, 3.63) is 50.6 Å². The van der Waals surface area contributed by atoms with Crippen molar-refractivity contribution in [2.24, 2.45) is 0 Å². The van der Waals surface area contributed by atoms with Crippen LogP contribution >= 0.6 is 20.0 Å². The maximum absolute atomic E-state index is 16.0. The molecular formula is C18H20FN2O10PS. The fourth-order valence-electron chi connectivity index (χ4n) is 3.06. The molecule has 0 aliphatic carbocycles. The van der Waals surface area contributed by atoms with Crippen molar-refractivity contribution in [1.82, 2.24) is 9.55 Å². The van der Waals surface area contributed by atoms with E-state index in [0.717, 1.165) is 6.20 Å². The third-order valence-electron chi connectivity index (χ3n) is 4.77. The Morgan fingerprint density at radius 1 is 1.52 bits per heavy atom. The summed E-state index contributed by atoms with van der Waals surface area (Å²) in [6.07, 6.45) is -7.87. The van der Waals surface area contributed by atoms with E-state index < -0.39 is 57.6 Å². The van der Waals surface area contributed by atoms with Gasteiger partial charge in [-0.3, -0.25) is 18.6 Å². The van der Waals surface area contributed by atoms with Crippen molar-refractivity contribution in [2.45, 2.75) is 37.5 Å². The molecule has 2 aromatic rings. The Morgan fingerprint density at radius 2 is 2.27 bits per heavy atom. The SMILES string of the molecule is [2H]C([2H])(OP1(=O)OCc2cccc(OC)c2O1)[C@@]1(F)O[C@@]([2H])(n2cc(CO)c(=S)[nH]c2=O)[C@H](O)[C@@H]1O. The van der Waals surface area contributed by atoms with Crippen molar-refractivity contribution in [3.8, 4) is 11.5 Å². The lowest BCUT2D eigenvalue weighted by atomic mass is 10.1. The zero-order valence-electron chi connectivity index (χ0n) is 19.8. The largest absolute Gasteiger partial charge is 0.530 e. The molecule has 2 aliphatic heterocycles. The molecule has 1 fully saturated rings. The normalized spacial score (nSPS) is 35.1. The van der Waals surface area contributed by atoms with Gasteiger partial charge in [-0.2, -0.15) is 0 Å². The predicted molar refractivity (Wildman–Crippen MR) is 110 cm³/mol. The number of hydrogen-bond acceptors (Lipinski definition) is 11. The average molecular weight is 509 g/mol. The maximum atomic E-state index is 16.0. The summed E-state index contributed by atoms with van der Waals surface area (Å²) in [5, 5.41) is 30.2. The van der Waals surface area contributed by atoms with Gasteiger partial charge in [-0.1, -0.05) is 24.4 Å². The van der Waals surface area contributed by atoms with Gasteiger partial charge in [0.1, 0.15) is 23.4 Å². The number of rotatable bonds is 6. The molecule has 1 aromatic carbocycles. The van der Waals surface area contributed by atoms with E-state index >= 15 is 4.39 Å². The van der Waals surface area contributed by atoms with Crippen LogP contribution in [-0.2, 0) is 31.6 Å². The van der Waals surface area contributed by atoms with Crippen molar-refractivity contribution in [3.63, 3.8) is 0 Å². The van der Waals surface area contributed by atoms with Gasteiger partial charge in [0.15, 0.2) is 17.7 Å². The van der Waals surface area contributed by atoms with Crippen LogP contribution in [0.3, 0.4) is 0 Å². The van der Waals surface area contributed by atoms with Gasteiger partial charge in [0, 0.05) is 17.3 Å². The van der Waals surface area contributed by atoms with Crippen LogP contribution in [0.1, 0.15) is 21.4 Å². The summed E-state index contributed by atoms with van der Waals surface area (Å²) in [4.78, 5) is 14.5. The van der Waals surface area contributed by atoms with E-state index in [0.29, 0.717) is 5.56 Å². The highest BCUT2D eigenvalue weighted by Gasteiger charge is 2.57. The van der Waals surface area contributed by atoms with Gasteiger partial charge in [0.25, 0.3) is 5.85 Å². The van der Waals surface area contributed by atoms with Gasteiger partial charge in [-0.25, -0.2) is 13.8 Å². The first-order valence-corrected chi connectivity index (χ1v) is 11.1. The summed E-state index contributed by atoms with van der Waals surface area (Å²) in [6.45, 7) is -5.02. The molecule has 4 N–H and O–H groups in total. The fourth-order valence-corrected chi connectivity index (χ4v) is 4.37. The van der Waals surface area contributed by atoms with Crippen LogP contribution in [0.5, 0.6) is 11.5 Å². The Hall–Kier alpha value is -2.16. The molecule has 0 spiro atoms. The number of aliphatic hydroxyl groups is 3. The molecule has 1 saturated heterocycles. The minimum atomic E-state index is -4.94. The van der Waals surface area contributed by atoms with E-state index in [1.807, 2.05) is 0 Å². The third-order valence-corrected chi connectivity index (χ3v) is 6.30. The van der Waals surface area contributed by atoms with Gasteiger partial charge < -0.3 is 29.3 Å². The monoisotopic (exact) mass is 509 g/mol. The second kappa shape index (κ2) is 8.89. The first kappa shape index (κ1) is 20.2. The molecule has 1 aromatic heterocycles. The summed E-state index contributed by atoms with van der Waals surface area (Å²) in [5.41, 5.74) is -0.976. The van der Waals surface area contributed by atoms with Gasteiger partial charge in [-0.15, -0.1) is 0 Å². The van der Waals surface area contributed by atoms with E-state index in [2.05, 4.69) is 4.98 Å². The predicted octanol–water partition coefficient (Wildman–Crippen LogP) is 1.06. The van der Waals surface area contributed by atoms with E-state index in [-0.39, 0.29) is 26.3 Å². The minimum Gasteiger partial charge on any atom is -0.493 e. The number of aliphatic hydroxyl groups excluding tert-OH is 3. The molecule has 0 radical (unpaired) electrons. The number of fused-ring (bicyclic) bond motifs is 1. The number of hydrogen-bond donors (Lipinski definition) is 4. The van der Waals surface area contributed by atoms with Gasteiger partial charge in [-0.05, 0) is 6.07 Å².